The molecule has 0 saturated heterocycles. The summed E-state index contributed by atoms with van der Waals surface area (Å²) in [7, 11) is 1.31. The molecule has 74 valence electrons. The molecule has 1 aromatic carbocycles. The molecule has 0 spiro atoms. The van der Waals surface area contributed by atoms with Crippen molar-refractivity contribution in [3.05, 3.63) is 42.2 Å². The number of hydrogen-bond acceptors (Lipinski definition) is 2. The Morgan fingerprint density at radius 3 is 2.86 bits per heavy atom. The highest BCUT2D eigenvalue weighted by Crippen LogP contribution is 2.17. The fraction of sp³-hybridized carbons (Fsp3) is 0.182. The summed E-state index contributed by atoms with van der Waals surface area (Å²) in [6.07, 6.45) is 0.0833. The van der Waals surface area contributed by atoms with Crippen LogP contribution in [-0.4, -0.2) is 13.1 Å². The van der Waals surface area contributed by atoms with Gasteiger partial charge >= 0.3 is 5.97 Å². The van der Waals surface area contributed by atoms with Crippen molar-refractivity contribution >= 4 is 11.5 Å². The summed E-state index contributed by atoms with van der Waals surface area (Å²) >= 11 is 0. The van der Waals surface area contributed by atoms with E-state index in [4.69, 9.17) is 0 Å². The highest BCUT2D eigenvalue weighted by atomic mass is 19.1. The van der Waals surface area contributed by atoms with Crippen LogP contribution in [0.5, 0.6) is 0 Å². The summed E-state index contributed by atoms with van der Waals surface area (Å²) in [6, 6.07) is 5.96. The van der Waals surface area contributed by atoms with E-state index >= 15 is 0 Å². The van der Waals surface area contributed by atoms with Crippen molar-refractivity contribution in [1.82, 2.24) is 0 Å². The topological polar surface area (TPSA) is 26.3 Å². The van der Waals surface area contributed by atoms with Gasteiger partial charge in [-0.05, 0) is 23.3 Å². The first kappa shape index (κ1) is 10.4. The Balaban J connectivity index is 2.75. The van der Waals surface area contributed by atoms with Gasteiger partial charge in [-0.2, -0.15) is 0 Å². The zero-order valence-corrected chi connectivity index (χ0v) is 7.92. The fourth-order valence-corrected chi connectivity index (χ4v) is 1.06. The molecule has 14 heavy (non-hydrogen) atoms. The summed E-state index contributed by atoms with van der Waals surface area (Å²) in [6.45, 7) is 3.69. The van der Waals surface area contributed by atoms with E-state index in [2.05, 4.69) is 11.3 Å². The van der Waals surface area contributed by atoms with Crippen LogP contribution in [0, 0.1) is 5.82 Å². The lowest BCUT2D eigenvalue weighted by Gasteiger charge is -2.04. The number of carbonyl (C=O) groups excluding carboxylic acids is 1. The Hall–Kier alpha value is -1.64. The van der Waals surface area contributed by atoms with Crippen molar-refractivity contribution in [3.63, 3.8) is 0 Å². The maximum atomic E-state index is 12.8. The van der Waals surface area contributed by atoms with E-state index in [-0.39, 0.29) is 18.2 Å². The zero-order valence-electron chi connectivity index (χ0n) is 7.92. The Morgan fingerprint density at radius 2 is 2.29 bits per heavy atom. The number of rotatable bonds is 3. The van der Waals surface area contributed by atoms with E-state index < -0.39 is 0 Å². The molecule has 0 radical (unpaired) electrons. The average molecular weight is 194 g/mol. The number of methoxy groups -OCH3 is 1. The van der Waals surface area contributed by atoms with Crippen LogP contribution in [0.2, 0.25) is 0 Å². The molecular weight excluding hydrogens is 183 g/mol. The van der Waals surface area contributed by atoms with Crippen LogP contribution >= 0.6 is 0 Å². The summed E-state index contributed by atoms with van der Waals surface area (Å²) in [5.74, 6) is -0.715. The molecule has 0 heterocycles. The van der Waals surface area contributed by atoms with Crippen molar-refractivity contribution in [2.75, 3.05) is 7.11 Å². The third kappa shape index (κ3) is 2.69. The lowest BCUT2D eigenvalue weighted by Crippen LogP contribution is -2.00. The second-order valence-corrected chi connectivity index (χ2v) is 2.87. The lowest BCUT2D eigenvalue weighted by molar-refractivity contribution is -0.139. The van der Waals surface area contributed by atoms with Crippen LogP contribution in [0.15, 0.2) is 30.8 Å². The van der Waals surface area contributed by atoms with Crippen LogP contribution < -0.4 is 0 Å². The maximum absolute atomic E-state index is 12.8. The number of esters is 1. The maximum Gasteiger partial charge on any atom is 0.309 e. The molecule has 3 heteroatoms. The van der Waals surface area contributed by atoms with Crippen LogP contribution in [0.3, 0.4) is 0 Å². The van der Waals surface area contributed by atoms with Gasteiger partial charge in [-0.1, -0.05) is 18.7 Å². The molecule has 0 aliphatic rings. The number of carbonyl (C=O) groups is 1. The molecule has 0 atom stereocenters. The molecule has 1 aromatic rings. The first-order valence-corrected chi connectivity index (χ1v) is 4.14. The van der Waals surface area contributed by atoms with Crippen molar-refractivity contribution in [3.8, 4) is 0 Å². The SMILES string of the molecule is C=C(CC(=O)OC)c1cccc(F)c1. The normalized spacial score (nSPS) is 9.57. The standard InChI is InChI=1S/C11H11FO2/c1-8(6-11(13)14-2)9-4-3-5-10(12)7-9/h3-5,7H,1,6H2,2H3. The van der Waals surface area contributed by atoms with Crippen molar-refractivity contribution < 1.29 is 13.9 Å². The Kier molecular flexibility index (Phi) is 3.40. The highest BCUT2D eigenvalue weighted by molar-refractivity contribution is 5.84. The van der Waals surface area contributed by atoms with E-state index in [0.717, 1.165) is 0 Å². The van der Waals surface area contributed by atoms with Gasteiger partial charge in [-0.25, -0.2) is 4.39 Å². The molecule has 0 aromatic heterocycles. The van der Waals surface area contributed by atoms with Crippen molar-refractivity contribution in [2.45, 2.75) is 6.42 Å². The van der Waals surface area contributed by atoms with Crippen LogP contribution in [-0.2, 0) is 9.53 Å². The van der Waals surface area contributed by atoms with Crippen molar-refractivity contribution in [2.24, 2.45) is 0 Å². The van der Waals surface area contributed by atoms with Gasteiger partial charge in [0, 0.05) is 0 Å². The molecule has 0 bridgehead atoms. The first-order chi connectivity index (χ1) is 6.63. The van der Waals surface area contributed by atoms with E-state index in [1.54, 1.807) is 12.1 Å². The third-order valence-corrected chi connectivity index (χ3v) is 1.82. The summed E-state index contributed by atoms with van der Waals surface area (Å²) in [5, 5.41) is 0. The van der Waals surface area contributed by atoms with E-state index in [0.29, 0.717) is 11.1 Å². The zero-order chi connectivity index (χ0) is 10.6. The molecule has 2 nitrogen and oxygen atoms in total. The lowest BCUT2D eigenvalue weighted by atomic mass is 10.0. The smallest absolute Gasteiger partial charge is 0.309 e. The number of ether oxygens (including phenoxy) is 1. The highest BCUT2D eigenvalue weighted by Gasteiger charge is 2.06. The van der Waals surface area contributed by atoms with E-state index in [1.807, 2.05) is 0 Å². The second kappa shape index (κ2) is 4.56. The number of hydrogen-bond donors (Lipinski definition) is 0. The van der Waals surface area contributed by atoms with Crippen LogP contribution in [0.25, 0.3) is 5.57 Å². The van der Waals surface area contributed by atoms with Crippen LogP contribution in [0.4, 0.5) is 4.39 Å². The van der Waals surface area contributed by atoms with Gasteiger partial charge in [0.15, 0.2) is 0 Å². The molecule has 0 N–H and O–H groups in total. The van der Waals surface area contributed by atoms with Crippen molar-refractivity contribution in [1.29, 1.82) is 0 Å². The van der Waals surface area contributed by atoms with Gasteiger partial charge in [0.25, 0.3) is 0 Å². The third-order valence-electron chi connectivity index (χ3n) is 1.82. The predicted octanol–water partition coefficient (Wildman–Crippen LogP) is 2.40. The van der Waals surface area contributed by atoms with Gasteiger partial charge in [0.1, 0.15) is 5.82 Å². The Morgan fingerprint density at radius 1 is 1.57 bits per heavy atom. The number of halogens is 1. The fourth-order valence-electron chi connectivity index (χ4n) is 1.06. The quantitative estimate of drug-likeness (QED) is 0.690. The largest absolute Gasteiger partial charge is 0.469 e. The van der Waals surface area contributed by atoms with Gasteiger partial charge in [-0.3, -0.25) is 4.79 Å². The van der Waals surface area contributed by atoms with E-state index in [9.17, 15) is 9.18 Å². The molecular formula is C11H11FO2. The number of benzene rings is 1. The molecule has 0 fully saturated rings. The Labute approximate surface area is 82.0 Å². The average Bonchev–Trinajstić information content (AvgIpc) is 2.17. The van der Waals surface area contributed by atoms with Gasteiger partial charge in [0.05, 0.1) is 13.5 Å². The molecule has 0 amide bonds. The van der Waals surface area contributed by atoms with Gasteiger partial charge in [0.2, 0.25) is 0 Å². The molecule has 1 rings (SSSR count). The minimum absolute atomic E-state index is 0.0833. The van der Waals surface area contributed by atoms with Gasteiger partial charge in [-0.15, -0.1) is 0 Å². The van der Waals surface area contributed by atoms with Crippen LogP contribution in [0.1, 0.15) is 12.0 Å². The molecule has 0 aliphatic carbocycles. The summed E-state index contributed by atoms with van der Waals surface area (Å²) in [4.78, 5) is 10.9. The minimum atomic E-state index is -0.376. The molecule has 0 aliphatic heterocycles. The summed E-state index contributed by atoms with van der Waals surface area (Å²) in [5.41, 5.74) is 1.17. The van der Waals surface area contributed by atoms with E-state index in [1.165, 1.54) is 19.2 Å². The first-order valence-electron chi connectivity index (χ1n) is 4.14. The summed E-state index contributed by atoms with van der Waals surface area (Å²) < 4.78 is 17.3. The molecule has 0 saturated carbocycles. The predicted molar refractivity (Wildman–Crippen MR) is 52.1 cm³/mol. The molecule has 0 unspecified atom stereocenters. The monoisotopic (exact) mass is 194 g/mol. The van der Waals surface area contributed by atoms with Gasteiger partial charge < -0.3 is 4.74 Å². The Bertz CT molecular complexity index is 358. The minimum Gasteiger partial charge on any atom is -0.469 e. The second-order valence-electron chi connectivity index (χ2n) is 2.87.